The molecule has 1 heterocycles. The summed E-state index contributed by atoms with van der Waals surface area (Å²) < 4.78 is 17.2. The summed E-state index contributed by atoms with van der Waals surface area (Å²) in [5, 5.41) is 14.8. The third-order valence-corrected chi connectivity index (χ3v) is 7.55. The number of nitrogens with one attached hydrogen (secondary N) is 1. The number of hydrogen-bond donors (Lipinski definition) is 3. The summed E-state index contributed by atoms with van der Waals surface area (Å²) in [5.41, 5.74) is 5.18. The molecule has 0 amide bonds. The Hall–Kier alpha value is -2.46. The first-order valence-corrected chi connectivity index (χ1v) is 15.0. The van der Waals surface area contributed by atoms with Gasteiger partial charge in [-0.1, -0.05) is 38.1 Å². The molecular formula is C28H35N2O4PS. The summed E-state index contributed by atoms with van der Waals surface area (Å²) in [7, 11) is -3.94. The van der Waals surface area contributed by atoms with Crippen molar-refractivity contribution in [2.24, 2.45) is 5.92 Å². The third-order valence-electron chi connectivity index (χ3n) is 5.75. The first-order valence-electron chi connectivity index (χ1n) is 12.3. The van der Waals surface area contributed by atoms with Crippen LogP contribution in [0.1, 0.15) is 48.9 Å². The van der Waals surface area contributed by atoms with Gasteiger partial charge in [-0.25, -0.2) is 0 Å². The molecule has 0 bridgehead atoms. The summed E-state index contributed by atoms with van der Waals surface area (Å²) in [6.45, 7) is 6.07. The van der Waals surface area contributed by atoms with E-state index in [-0.39, 0.29) is 6.16 Å². The van der Waals surface area contributed by atoms with Gasteiger partial charge in [0.1, 0.15) is 5.75 Å². The minimum atomic E-state index is -3.94. The van der Waals surface area contributed by atoms with E-state index in [4.69, 9.17) is 14.5 Å². The molecule has 0 aliphatic carbocycles. The Balaban J connectivity index is 1.57. The molecule has 192 valence electrons. The Labute approximate surface area is 218 Å². The standard InChI is InChI=1S/C28H35N2O4PS/c1-21(2)16-24-10-8-22(17-25(24)19-29)6-3-13-34-27-11-9-23(18-26(27)28-7-4-15-36-28)20-30-12-5-14-35(31,32)33/h4,7-11,15,17-18,21,30H,3,5-6,12-14,16,20H2,1-2H3,(H2,31,32,33). The summed E-state index contributed by atoms with van der Waals surface area (Å²) in [5.74, 6) is 1.36. The van der Waals surface area contributed by atoms with Crippen LogP contribution in [0.5, 0.6) is 5.75 Å². The van der Waals surface area contributed by atoms with Gasteiger partial charge in [-0.15, -0.1) is 11.3 Å². The molecule has 0 radical (unpaired) electrons. The number of benzene rings is 2. The Morgan fingerprint density at radius 1 is 1.11 bits per heavy atom. The molecule has 0 aliphatic heterocycles. The zero-order valence-corrected chi connectivity index (χ0v) is 22.7. The molecular weight excluding hydrogens is 491 g/mol. The molecule has 0 saturated carbocycles. The molecule has 36 heavy (non-hydrogen) atoms. The maximum absolute atomic E-state index is 11.0. The lowest BCUT2D eigenvalue weighted by molar-refractivity contribution is 0.312. The molecule has 8 heteroatoms. The lowest BCUT2D eigenvalue weighted by atomic mass is 9.96. The number of rotatable bonds is 14. The highest BCUT2D eigenvalue weighted by molar-refractivity contribution is 7.51. The zero-order chi connectivity index (χ0) is 26.0. The Kier molecular flexibility index (Phi) is 10.7. The molecule has 0 fully saturated rings. The van der Waals surface area contributed by atoms with Crippen molar-refractivity contribution in [1.82, 2.24) is 5.32 Å². The van der Waals surface area contributed by atoms with Crippen LogP contribution in [0.25, 0.3) is 10.4 Å². The fourth-order valence-electron chi connectivity index (χ4n) is 4.04. The fourth-order valence-corrected chi connectivity index (χ4v) is 5.36. The van der Waals surface area contributed by atoms with Crippen molar-refractivity contribution < 1.29 is 19.1 Å². The highest BCUT2D eigenvalue weighted by Crippen LogP contribution is 2.35. The number of hydrogen-bond acceptors (Lipinski definition) is 5. The molecule has 3 N–H and O–H groups in total. The lowest BCUT2D eigenvalue weighted by Gasteiger charge is -2.14. The van der Waals surface area contributed by atoms with Crippen LogP contribution in [-0.2, 0) is 24.0 Å². The summed E-state index contributed by atoms with van der Waals surface area (Å²) in [6.07, 6.45) is 2.94. The van der Waals surface area contributed by atoms with Crippen molar-refractivity contribution in [2.75, 3.05) is 19.3 Å². The van der Waals surface area contributed by atoms with Gasteiger partial charge in [0.05, 0.1) is 24.4 Å². The predicted molar refractivity (Wildman–Crippen MR) is 147 cm³/mol. The van der Waals surface area contributed by atoms with E-state index in [2.05, 4.69) is 49.5 Å². The highest BCUT2D eigenvalue weighted by atomic mass is 32.1. The van der Waals surface area contributed by atoms with Crippen LogP contribution >= 0.6 is 18.9 Å². The van der Waals surface area contributed by atoms with Crippen LogP contribution in [0.4, 0.5) is 0 Å². The second-order valence-electron chi connectivity index (χ2n) is 9.38. The molecule has 0 saturated heterocycles. The number of ether oxygens (including phenoxy) is 1. The van der Waals surface area contributed by atoms with Crippen LogP contribution in [0, 0.1) is 17.2 Å². The average molecular weight is 527 g/mol. The lowest BCUT2D eigenvalue weighted by Crippen LogP contribution is -2.16. The highest BCUT2D eigenvalue weighted by Gasteiger charge is 2.12. The molecule has 0 aliphatic rings. The van der Waals surface area contributed by atoms with E-state index >= 15 is 0 Å². The summed E-state index contributed by atoms with van der Waals surface area (Å²) in [6, 6.07) is 18.8. The van der Waals surface area contributed by atoms with E-state index in [1.807, 2.05) is 29.6 Å². The van der Waals surface area contributed by atoms with Crippen molar-refractivity contribution in [3.05, 3.63) is 76.2 Å². The topological polar surface area (TPSA) is 103 Å². The van der Waals surface area contributed by atoms with Crippen LogP contribution in [0.2, 0.25) is 0 Å². The van der Waals surface area contributed by atoms with Gasteiger partial charge in [0.25, 0.3) is 0 Å². The summed E-state index contributed by atoms with van der Waals surface area (Å²) >= 11 is 1.66. The monoisotopic (exact) mass is 526 g/mol. The van der Waals surface area contributed by atoms with Crippen LogP contribution < -0.4 is 10.1 Å². The summed E-state index contributed by atoms with van der Waals surface area (Å²) in [4.78, 5) is 19.1. The second kappa shape index (κ2) is 13.7. The van der Waals surface area contributed by atoms with E-state index in [1.165, 1.54) is 0 Å². The number of thiophene rings is 1. The normalized spacial score (nSPS) is 11.6. The van der Waals surface area contributed by atoms with Crippen molar-refractivity contribution in [3.8, 4) is 22.3 Å². The van der Waals surface area contributed by atoms with Crippen molar-refractivity contribution in [1.29, 1.82) is 5.26 Å². The Bertz CT molecular complexity index is 1200. The van der Waals surface area contributed by atoms with E-state index in [0.29, 0.717) is 32.0 Å². The smallest absolute Gasteiger partial charge is 0.325 e. The molecule has 0 spiro atoms. The molecule has 2 aromatic carbocycles. The van der Waals surface area contributed by atoms with Crippen molar-refractivity contribution >= 4 is 18.9 Å². The number of aryl methyl sites for hydroxylation is 1. The van der Waals surface area contributed by atoms with Gasteiger partial charge in [0.15, 0.2) is 0 Å². The average Bonchev–Trinajstić information content (AvgIpc) is 3.36. The van der Waals surface area contributed by atoms with E-state index in [1.54, 1.807) is 11.3 Å². The van der Waals surface area contributed by atoms with E-state index in [0.717, 1.165) is 57.7 Å². The van der Waals surface area contributed by atoms with Gasteiger partial charge >= 0.3 is 7.60 Å². The molecule has 6 nitrogen and oxygen atoms in total. The largest absolute Gasteiger partial charge is 0.493 e. The minimum Gasteiger partial charge on any atom is -0.493 e. The van der Waals surface area contributed by atoms with Gasteiger partial charge in [-0.05, 0) is 84.5 Å². The van der Waals surface area contributed by atoms with Crippen molar-refractivity contribution in [3.63, 3.8) is 0 Å². The minimum absolute atomic E-state index is 0.104. The fraction of sp³-hybridized carbons (Fsp3) is 0.393. The van der Waals surface area contributed by atoms with Gasteiger partial charge in [-0.3, -0.25) is 4.57 Å². The van der Waals surface area contributed by atoms with Gasteiger partial charge in [0, 0.05) is 17.0 Å². The van der Waals surface area contributed by atoms with Gasteiger partial charge in [0.2, 0.25) is 0 Å². The maximum Gasteiger partial charge on any atom is 0.325 e. The molecule has 0 atom stereocenters. The Morgan fingerprint density at radius 2 is 1.92 bits per heavy atom. The van der Waals surface area contributed by atoms with Crippen molar-refractivity contribution in [2.45, 2.75) is 46.1 Å². The van der Waals surface area contributed by atoms with E-state index < -0.39 is 7.60 Å². The maximum atomic E-state index is 11.0. The molecule has 0 unspecified atom stereocenters. The number of nitriles is 1. The third kappa shape index (κ3) is 9.20. The quantitative estimate of drug-likeness (QED) is 0.172. The number of nitrogens with zero attached hydrogens (tertiary/aromatic N) is 1. The first-order chi connectivity index (χ1) is 17.2. The molecule has 3 aromatic rings. The first kappa shape index (κ1) is 28.1. The van der Waals surface area contributed by atoms with Gasteiger partial charge < -0.3 is 19.8 Å². The van der Waals surface area contributed by atoms with Crippen LogP contribution in [-0.4, -0.2) is 29.1 Å². The Morgan fingerprint density at radius 3 is 2.61 bits per heavy atom. The molecule has 3 rings (SSSR count). The van der Waals surface area contributed by atoms with Crippen LogP contribution in [0.3, 0.4) is 0 Å². The van der Waals surface area contributed by atoms with Gasteiger partial charge in [-0.2, -0.15) is 5.26 Å². The molecule has 1 aromatic heterocycles. The zero-order valence-electron chi connectivity index (χ0n) is 20.9. The predicted octanol–water partition coefficient (Wildman–Crippen LogP) is 6.15. The second-order valence-corrected chi connectivity index (χ2v) is 12.1. The van der Waals surface area contributed by atoms with Crippen LogP contribution in [0.15, 0.2) is 53.9 Å². The SMILES string of the molecule is CC(C)Cc1ccc(CCCOc2ccc(CNCCCP(=O)(O)O)cc2-c2cccs2)cc1C#N. The van der Waals surface area contributed by atoms with E-state index in [9.17, 15) is 9.83 Å².